The fourth-order valence-corrected chi connectivity index (χ4v) is 1.82. The number of rotatable bonds is 4. The summed E-state index contributed by atoms with van der Waals surface area (Å²) in [6.45, 7) is 0.536. The third-order valence-corrected chi connectivity index (χ3v) is 2.94. The number of benzene rings is 1. The van der Waals surface area contributed by atoms with Gasteiger partial charge in [-0.1, -0.05) is 12.1 Å². The van der Waals surface area contributed by atoms with E-state index in [4.69, 9.17) is 17.9 Å². The maximum atomic E-state index is 14.2. The van der Waals surface area contributed by atoms with Crippen LogP contribution in [0.2, 0.25) is 0 Å². The Morgan fingerprint density at radius 3 is 2.45 bits per heavy atom. The molecule has 0 saturated carbocycles. The third-order valence-electron chi connectivity index (χ3n) is 2.94. The minimum Gasteiger partial charge on any atom is -0.483 e. The van der Waals surface area contributed by atoms with Crippen molar-refractivity contribution in [1.82, 2.24) is 0 Å². The van der Waals surface area contributed by atoms with Crippen LogP contribution >= 0.6 is 0 Å². The van der Waals surface area contributed by atoms with E-state index < -0.39 is 21.5 Å². The molecular weight excluding hydrogens is 319 g/mol. The second-order valence-electron chi connectivity index (χ2n) is 4.56. The summed E-state index contributed by atoms with van der Waals surface area (Å²) in [5.41, 5.74) is -1.60. The lowest BCUT2D eigenvalue weighted by Gasteiger charge is -2.29. The summed E-state index contributed by atoms with van der Waals surface area (Å²) < 4.78 is 42.2. The van der Waals surface area contributed by atoms with Crippen molar-refractivity contribution in [3.05, 3.63) is 34.4 Å². The molecular formula is C12H17FN2O6S. The minimum absolute atomic E-state index is 0.103. The molecule has 1 aromatic rings. The molecule has 2 N–H and O–H groups in total. The van der Waals surface area contributed by atoms with Gasteiger partial charge in [-0.25, -0.2) is 17.9 Å². The highest BCUT2D eigenvalue weighted by atomic mass is 32.2. The van der Waals surface area contributed by atoms with Gasteiger partial charge in [-0.2, -0.15) is 0 Å². The van der Waals surface area contributed by atoms with E-state index >= 15 is 0 Å². The van der Waals surface area contributed by atoms with Gasteiger partial charge in [-0.15, -0.1) is 0 Å². The Morgan fingerprint density at radius 2 is 1.91 bits per heavy atom. The number of hydrogen-bond donors (Lipinski definition) is 2. The number of nitro benzene ring substituents is 1. The Bertz CT molecular complexity index is 566. The molecule has 0 aliphatic carbocycles. The molecule has 2 rings (SSSR count). The first-order valence-corrected chi connectivity index (χ1v) is 7.61. The molecule has 1 aliphatic rings. The number of nitro groups is 1. The lowest BCUT2D eigenvalue weighted by atomic mass is 9.98. The molecule has 0 aromatic heterocycles. The second kappa shape index (κ2) is 8.61. The molecule has 0 spiro atoms. The normalized spacial score (nSPS) is 16.5. The lowest BCUT2D eigenvalue weighted by molar-refractivity contribution is -0.386. The average molecular weight is 336 g/mol. The maximum absolute atomic E-state index is 14.2. The fourth-order valence-electron chi connectivity index (χ4n) is 1.82. The zero-order chi connectivity index (χ0) is 16.6. The zero-order valence-corrected chi connectivity index (χ0v) is 12.5. The Labute approximate surface area is 128 Å². The molecule has 22 heavy (non-hydrogen) atoms. The van der Waals surface area contributed by atoms with Crippen molar-refractivity contribution in [1.29, 1.82) is 0 Å². The van der Waals surface area contributed by atoms with Gasteiger partial charge in [0, 0.05) is 32.1 Å². The number of nitrogens with zero attached hydrogens (tertiary/aromatic N) is 1. The zero-order valence-electron chi connectivity index (χ0n) is 11.6. The summed E-state index contributed by atoms with van der Waals surface area (Å²) in [6, 6.07) is 5.98. The maximum Gasteiger partial charge on any atom is 0.310 e. The number of ether oxygens (including phenoxy) is 2. The summed E-state index contributed by atoms with van der Waals surface area (Å²) in [7, 11) is -2.62. The van der Waals surface area contributed by atoms with Crippen LogP contribution in [0, 0.1) is 10.1 Å². The monoisotopic (exact) mass is 336 g/mol. The SMILES string of the molecule is N[SH](=O)=O.O=[N+]([O-])c1ccccc1OCC1(F)CCOCC1. The third kappa shape index (κ3) is 6.33. The number of para-hydroxylation sites is 2. The van der Waals surface area contributed by atoms with Crippen LogP contribution in [0.15, 0.2) is 24.3 Å². The summed E-state index contributed by atoms with van der Waals surface area (Å²) in [4.78, 5) is 10.2. The molecule has 1 heterocycles. The summed E-state index contributed by atoms with van der Waals surface area (Å²) in [5, 5.41) is 14.8. The molecule has 10 heteroatoms. The topological polar surface area (TPSA) is 122 Å². The van der Waals surface area contributed by atoms with Crippen LogP contribution in [0.25, 0.3) is 0 Å². The van der Waals surface area contributed by atoms with Gasteiger partial charge < -0.3 is 9.47 Å². The molecule has 0 radical (unpaired) electrons. The van der Waals surface area contributed by atoms with E-state index in [0.29, 0.717) is 13.2 Å². The summed E-state index contributed by atoms with van der Waals surface area (Å²) in [5.74, 6) is 0.103. The standard InChI is InChI=1S/C12H14FNO4.H3NO2S/c13-12(5-7-17-8-6-12)9-18-11-4-2-1-3-10(11)14(15)16;1-4(2)3/h1-4H,5-9H2;4H,(H2,1,2,3). The molecule has 1 aliphatic heterocycles. The second-order valence-corrected chi connectivity index (χ2v) is 5.13. The van der Waals surface area contributed by atoms with Gasteiger partial charge in [0.05, 0.1) is 4.92 Å². The number of thiol groups is 1. The molecule has 1 fully saturated rings. The van der Waals surface area contributed by atoms with Crippen molar-refractivity contribution in [2.75, 3.05) is 19.8 Å². The van der Waals surface area contributed by atoms with Crippen molar-refractivity contribution in [2.24, 2.45) is 5.14 Å². The van der Waals surface area contributed by atoms with Crippen molar-refractivity contribution in [3.63, 3.8) is 0 Å². The van der Waals surface area contributed by atoms with Gasteiger partial charge in [-0.05, 0) is 6.07 Å². The van der Waals surface area contributed by atoms with E-state index in [1.165, 1.54) is 12.1 Å². The number of nitrogens with two attached hydrogens (primary N) is 1. The van der Waals surface area contributed by atoms with Crippen molar-refractivity contribution < 1.29 is 27.2 Å². The molecule has 0 atom stereocenters. The highest BCUT2D eigenvalue weighted by molar-refractivity contribution is 7.69. The van der Waals surface area contributed by atoms with Crippen molar-refractivity contribution >= 4 is 16.6 Å². The van der Waals surface area contributed by atoms with E-state index in [0.717, 1.165) is 0 Å². The Morgan fingerprint density at radius 1 is 1.36 bits per heavy atom. The Balaban J connectivity index is 0.000000541. The highest BCUT2D eigenvalue weighted by Crippen LogP contribution is 2.30. The van der Waals surface area contributed by atoms with E-state index in [1.54, 1.807) is 12.1 Å². The molecule has 124 valence electrons. The van der Waals surface area contributed by atoms with Crippen molar-refractivity contribution in [3.8, 4) is 5.75 Å². The van der Waals surface area contributed by atoms with Gasteiger partial charge in [0.25, 0.3) is 0 Å². The molecule has 1 saturated heterocycles. The van der Waals surface area contributed by atoms with Gasteiger partial charge >= 0.3 is 5.69 Å². The van der Waals surface area contributed by atoms with Gasteiger partial charge in [0.1, 0.15) is 12.3 Å². The van der Waals surface area contributed by atoms with Crippen LogP contribution in [-0.2, 0) is 15.6 Å². The van der Waals surface area contributed by atoms with E-state index in [2.05, 4.69) is 5.14 Å². The predicted molar refractivity (Wildman–Crippen MR) is 77.0 cm³/mol. The van der Waals surface area contributed by atoms with Crippen LogP contribution in [0.3, 0.4) is 0 Å². The van der Waals surface area contributed by atoms with Crippen molar-refractivity contribution in [2.45, 2.75) is 18.5 Å². The minimum atomic E-state index is -2.62. The Hall–Kier alpha value is -1.78. The number of hydrogen-bond acceptors (Lipinski definition) is 6. The van der Waals surface area contributed by atoms with Crippen LogP contribution in [-0.4, -0.2) is 38.8 Å². The summed E-state index contributed by atoms with van der Waals surface area (Å²) >= 11 is 0. The van der Waals surface area contributed by atoms with Gasteiger partial charge in [0.15, 0.2) is 16.6 Å². The number of alkyl halides is 1. The Kier molecular flexibility index (Phi) is 7.15. The van der Waals surface area contributed by atoms with Gasteiger partial charge in [-0.3, -0.25) is 10.1 Å². The first kappa shape index (κ1) is 18.3. The van der Waals surface area contributed by atoms with Crippen LogP contribution in [0.1, 0.15) is 12.8 Å². The lowest BCUT2D eigenvalue weighted by Crippen LogP contribution is -2.37. The van der Waals surface area contributed by atoms with Crippen LogP contribution < -0.4 is 9.88 Å². The largest absolute Gasteiger partial charge is 0.483 e. The van der Waals surface area contributed by atoms with Gasteiger partial charge in [0.2, 0.25) is 0 Å². The van der Waals surface area contributed by atoms with E-state index in [9.17, 15) is 14.5 Å². The van der Waals surface area contributed by atoms with E-state index in [-0.39, 0.29) is 30.9 Å². The molecule has 8 nitrogen and oxygen atoms in total. The highest BCUT2D eigenvalue weighted by Gasteiger charge is 2.34. The smallest absolute Gasteiger partial charge is 0.310 e. The van der Waals surface area contributed by atoms with Crippen LogP contribution in [0.5, 0.6) is 5.75 Å². The molecule has 0 unspecified atom stereocenters. The molecule has 0 bridgehead atoms. The molecule has 0 amide bonds. The predicted octanol–water partition coefficient (Wildman–Crippen LogP) is 0.964. The number of halogens is 1. The van der Waals surface area contributed by atoms with Crippen LogP contribution in [0.4, 0.5) is 10.1 Å². The summed E-state index contributed by atoms with van der Waals surface area (Å²) in [6.07, 6.45) is 0.515. The molecule has 1 aromatic carbocycles. The fraction of sp³-hybridized carbons (Fsp3) is 0.500. The first-order chi connectivity index (χ1) is 10.3. The first-order valence-electron chi connectivity index (χ1n) is 6.36. The average Bonchev–Trinajstić information content (AvgIpc) is 2.46. The van der Waals surface area contributed by atoms with E-state index in [1.807, 2.05) is 0 Å². The quantitative estimate of drug-likeness (QED) is 0.480.